The van der Waals surface area contributed by atoms with Crippen molar-refractivity contribution in [1.82, 2.24) is 5.32 Å². The molecule has 2 aliphatic heterocycles. The van der Waals surface area contributed by atoms with E-state index in [1.165, 1.54) is 18.3 Å². The number of nitrogens with one attached hydrogen (secondary N) is 1. The van der Waals surface area contributed by atoms with Gasteiger partial charge in [-0.05, 0) is 37.0 Å². The van der Waals surface area contributed by atoms with E-state index >= 15 is 0 Å². The minimum absolute atomic E-state index is 0.272. The molecule has 3 aliphatic rings. The lowest BCUT2D eigenvalue weighted by Gasteiger charge is -2.33. The Morgan fingerprint density at radius 3 is 3.11 bits per heavy atom. The van der Waals surface area contributed by atoms with E-state index in [9.17, 15) is 4.79 Å². The van der Waals surface area contributed by atoms with E-state index < -0.39 is 5.54 Å². The number of methoxy groups -OCH3 is 1. The molecule has 1 aliphatic carbocycles. The number of aliphatic imine (C=N–C) groups is 1. The van der Waals surface area contributed by atoms with Gasteiger partial charge < -0.3 is 4.74 Å². The van der Waals surface area contributed by atoms with Gasteiger partial charge in [-0.2, -0.15) is 0 Å². The number of rotatable bonds is 1. The average Bonchev–Trinajstić information content (AvgIpc) is 2.78. The Bertz CT molecular complexity index is 540. The molecule has 94 valence electrons. The molecule has 1 fully saturated rings. The molecule has 2 heterocycles. The monoisotopic (exact) mass is 244 g/mol. The number of nitrogens with zero attached hydrogens (tertiary/aromatic N) is 1. The maximum Gasteiger partial charge on any atom is 0.332 e. The minimum Gasteiger partial charge on any atom is -0.467 e. The number of carbonyl (C=O) groups is 1. The summed E-state index contributed by atoms with van der Waals surface area (Å²) in [6.45, 7) is 2.63. The Morgan fingerprint density at radius 1 is 1.50 bits per heavy atom. The van der Waals surface area contributed by atoms with Gasteiger partial charge in [0, 0.05) is 6.54 Å². The van der Waals surface area contributed by atoms with Crippen LogP contribution < -0.4 is 5.32 Å². The average molecular weight is 244 g/mol. The van der Waals surface area contributed by atoms with Gasteiger partial charge in [0.1, 0.15) is 0 Å². The highest BCUT2D eigenvalue weighted by Crippen LogP contribution is 2.38. The minimum atomic E-state index is -0.812. The molecular weight excluding hydrogens is 228 g/mol. The van der Waals surface area contributed by atoms with Crippen molar-refractivity contribution in [2.75, 3.05) is 13.7 Å². The lowest BCUT2D eigenvalue weighted by molar-refractivity contribution is -0.145. The van der Waals surface area contributed by atoms with Gasteiger partial charge in [0.05, 0.1) is 18.5 Å². The van der Waals surface area contributed by atoms with Crippen molar-refractivity contribution in [2.45, 2.75) is 25.3 Å². The Kier molecular flexibility index (Phi) is 2.48. The number of esters is 1. The summed E-state index contributed by atoms with van der Waals surface area (Å²) in [7, 11) is 1.42. The maximum atomic E-state index is 12.0. The van der Waals surface area contributed by atoms with Crippen LogP contribution in [0.2, 0.25) is 0 Å². The van der Waals surface area contributed by atoms with Gasteiger partial charge in [0.25, 0.3) is 0 Å². The standard InChI is InChI=1S/C14H16N2O2/c1-14(13(17)18-2)12-10(7-8-15-14)9-5-3-4-6-11(9)16-12/h3-4,6,15H,5,7-8H2,1-2H3. The molecule has 3 rings (SSSR count). The van der Waals surface area contributed by atoms with Crippen molar-refractivity contribution in [3.8, 4) is 0 Å². The van der Waals surface area contributed by atoms with Crippen LogP contribution in [-0.4, -0.2) is 30.9 Å². The first-order valence-corrected chi connectivity index (χ1v) is 6.19. The quantitative estimate of drug-likeness (QED) is 0.711. The zero-order chi connectivity index (χ0) is 12.8. The number of allylic oxidation sites excluding steroid dienone is 4. The largest absolute Gasteiger partial charge is 0.467 e. The van der Waals surface area contributed by atoms with E-state index in [1.54, 1.807) is 0 Å². The van der Waals surface area contributed by atoms with Crippen molar-refractivity contribution in [1.29, 1.82) is 0 Å². The summed E-state index contributed by atoms with van der Waals surface area (Å²) in [5, 5.41) is 3.24. The summed E-state index contributed by atoms with van der Waals surface area (Å²) in [5.41, 5.74) is 3.52. The third kappa shape index (κ3) is 1.42. The van der Waals surface area contributed by atoms with Crippen LogP contribution in [0.3, 0.4) is 0 Å². The molecule has 1 atom stereocenters. The third-order valence-electron chi connectivity index (χ3n) is 3.82. The van der Waals surface area contributed by atoms with E-state index in [-0.39, 0.29) is 5.97 Å². The first kappa shape index (κ1) is 11.4. The van der Waals surface area contributed by atoms with Crippen LogP contribution in [0.5, 0.6) is 0 Å². The molecule has 18 heavy (non-hydrogen) atoms. The Hall–Kier alpha value is -1.68. The molecule has 1 N–H and O–H groups in total. The molecule has 0 saturated carbocycles. The zero-order valence-corrected chi connectivity index (χ0v) is 10.6. The molecule has 1 saturated heterocycles. The van der Waals surface area contributed by atoms with Crippen molar-refractivity contribution < 1.29 is 9.53 Å². The molecule has 4 heteroatoms. The van der Waals surface area contributed by atoms with Crippen LogP contribution in [0.15, 0.2) is 40.1 Å². The number of carbonyl (C=O) groups excluding carboxylic acids is 1. The van der Waals surface area contributed by atoms with Crippen molar-refractivity contribution in [2.24, 2.45) is 4.99 Å². The highest BCUT2D eigenvalue weighted by atomic mass is 16.5. The fourth-order valence-electron chi connectivity index (χ4n) is 2.84. The second kappa shape index (κ2) is 3.92. The molecule has 0 aromatic rings. The number of piperidine rings is 1. The van der Waals surface area contributed by atoms with Crippen molar-refractivity contribution >= 4 is 11.7 Å². The Morgan fingerprint density at radius 2 is 2.33 bits per heavy atom. The van der Waals surface area contributed by atoms with Gasteiger partial charge >= 0.3 is 5.97 Å². The number of ether oxygens (including phenoxy) is 1. The summed E-state index contributed by atoms with van der Waals surface area (Å²) in [5.74, 6) is -0.272. The van der Waals surface area contributed by atoms with Crippen LogP contribution in [0.1, 0.15) is 19.8 Å². The molecule has 0 aromatic heterocycles. The van der Waals surface area contributed by atoms with E-state index in [1.807, 2.05) is 19.1 Å². The van der Waals surface area contributed by atoms with Gasteiger partial charge in [0.2, 0.25) is 0 Å². The summed E-state index contributed by atoms with van der Waals surface area (Å²) in [6.07, 6.45) is 7.98. The predicted molar refractivity (Wildman–Crippen MR) is 69.3 cm³/mol. The maximum absolute atomic E-state index is 12.0. The number of hydrogen-bond acceptors (Lipinski definition) is 4. The van der Waals surface area contributed by atoms with E-state index in [0.717, 1.165) is 30.8 Å². The first-order chi connectivity index (χ1) is 8.66. The van der Waals surface area contributed by atoms with Gasteiger partial charge in [-0.25, -0.2) is 4.79 Å². The normalized spacial score (nSPS) is 29.4. The fraction of sp³-hybridized carbons (Fsp3) is 0.429. The van der Waals surface area contributed by atoms with Gasteiger partial charge in [0.15, 0.2) is 5.54 Å². The van der Waals surface area contributed by atoms with E-state index in [0.29, 0.717) is 0 Å². The zero-order valence-electron chi connectivity index (χ0n) is 10.6. The second-order valence-electron chi connectivity index (χ2n) is 4.90. The fourth-order valence-corrected chi connectivity index (χ4v) is 2.84. The predicted octanol–water partition coefficient (Wildman–Crippen LogP) is 1.51. The van der Waals surface area contributed by atoms with Crippen LogP contribution in [-0.2, 0) is 9.53 Å². The van der Waals surface area contributed by atoms with E-state index in [4.69, 9.17) is 4.74 Å². The van der Waals surface area contributed by atoms with Crippen LogP contribution in [0.4, 0.5) is 0 Å². The Balaban J connectivity index is 2.09. The molecule has 0 aromatic carbocycles. The Labute approximate surface area is 106 Å². The lowest BCUT2D eigenvalue weighted by atomic mass is 9.83. The van der Waals surface area contributed by atoms with Gasteiger partial charge in [-0.3, -0.25) is 10.3 Å². The summed E-state index contributed by atoms with van der Waals surface area (Å²) < 4.78 is 4.91. The summed E-state index contributed by atoms with van der Waals surface area (Å²) in [6, 6.07) is 0. The molecular formula is C14H16N2O2. The number of hydrogen-bond donors (Lipinski definition) is 1. The highest BCUT2D eigenvalue weighted by molar-refractivity contribution is 6.21. The molecule has 4 nitrogen and oxygen atoms in total. The molecule has 0 bridgehead atoms. The first-order valence-electron chi connectivity index (χ1n) is 6.19. The smallest absolute Gasteiger partial charge is 0.332 e. The number of fused-ring (bicyclic) bond motifs is 2. The lowest BCUT2D eigenvalue weighted by Crippen LogP contribution is -2.59. The van der Waals surface area contributed by atoms with Crippen LogP contribution in [0.25, 0.3) is 0 Å². The summed E-state index contributed by atoms with van der Waals surface area (Å²) in [4.78, 5) is 16.7. The highest BCUT2D eigenvalue weighted by Gasteiger charge is 2.46. The topological polar surface area (TPSA) is 50.7 Å². The SMILES string of the molecule is COC(=O)C1(C)NCCC2=C3CC=CC=C3N=C21. The van der Waals surface area contributed by atoms with Gasteiger partial charge in [-0.1, -0.05) is 12.2 Å². The molecule has 1 unspecified atom stereocenters. The molecule has 0 amide bonds. The third-order valence-corrected chi connectivity index (χ3v) is 3.82. The van der Waals surface area contributed by atoms with Crippen LogP contribution in [0, 0.1) is 0 Å². The van der Waals surface area contributed by atoms with Crippen LogP contribution >= 0.6 is 0 Å². The van der Waals surface area contributed by atoms with Crippen molar-refractivity contribution in [3.05, 3.63) is 35.1 Å². The molecule has 0 radical (unpaired) electrons. The van der Waals surface area contributed by atoms with E-state index in [2.05, 4.69) is 16.4 Å². The van der Waals surface area contributed by atoms with Crippen molar-refractivity contribution in [3.63, 3.8) is 0 Å². The summed E-state index contributed by atoms with van der Waals surface area (Å²) >= 11 is 0. The molecule has 0 spiro atoms. The van der Waals surface area contributed by atoms with Gasteiger partial charge in [-0.15, -0.1) is 0 Å². The second-order valence-corrected chi connectivity index (χ2v) is 4.90.